The van der Waals surface area contributed by atoms with E-state index in [-0.39, 0.29) is 0 Å². The van der Waals surface area contributed by atoms with Crippen LogP contribution in [0.15, 0.2) is 16.6 Å². The van der Waals surface area contributed by atoms with Crippen molar-refractivity contribution in [1.29, 1.82) is 0 Å². The lowest BCUT2D eigenvalue weighted by Gasteiger charge is -2.13. The van der Waals surface area contributed by atoms with Crippen LogP contribution >= 0.6 is 0 Å². The van der Waals surface area contributed by atoms with Gasteiger partial charge < -0.3 is 20.5 Å². The van der Waals surface area contributed by atoms with Crippen LogP contribution in [0, 0.1) is 0 Å². The van der Waals surface area contributed by atoms with Crippen LogP contribution < -0.4 is 11.1 Å². The van der Waals surface area contributed by atoms with E-state index in [1.165, 1.54) is 5.57 Å². The quantitative estimate of drug-likeness (QED) is 0.424. The number of nitrogens with two attached hydrogens (primary N) is 1. The maximum atomic E-state index is 5.78. The molecule has 2 aliphatic rings. The van der Waals surface area contributed by atoms with E-state index < -0.39 is 0 Å². The normalized spacial score (nSPS) is 25.8. The Morgan fingerprint density at radius 2 is 2.47 bits per heavy atom. The molecule has 96 valence electrons. The van der Waals surface area contributed by atoms with E-state index in [0.29, 0.717) is 25.2 Å². The monoisotopic (exact) mass is 239 g/mol. The molecule has 0 bridgehead atoms. The summed E-state index contributed by atoms with van der Waals surface area (Å²) in [6.07, 6.45) is 5.71. The van der Waals surface area contributed by atoms with E-state index in [0.717, 1.165) is 39.0 Å². The molecule has 1 saturated heterocycles. The van der Waals surface area contributed by atoms with Crippen LogP contribution in [0.25, 0.3) is 0 Å². The van der Waals surface area contributed by atoms with Crippen molar-refractivity contribution in [2.24, 2.45) is 10.7 Å². The molecule has 0 aliphatic carbocycles. The summed E-state index contributed by atoms with van der Waals surface area (Å²) in [5, 5.41) is 3.10. The van der Waals surface area contributed by atoms with Crippen LogP contribution in [0.4, 0.5) is 0 Å². The highest BCUT2D eigenvalue weighted by atomic mass is 16.5. The number of nitrogens with one attached hydrogen (secondary N) is 1. The van der Waals surface area contributed by atoms with Crippen molar-refractivity contribution in [2.75, 3.05) is 32.9 Å². The molecule has 5 nitrogen and oxygen atoms in total. The molecule has 2 rings (SSSR count). The molecular weight excluding hydrogens is 218 g/mol. The van der Waals surface area contributed by atoms with E-state index in [1.807, 2.05) is 0 Å². The van der Waals surface area contributed by atoms with Crippen LogP contribution in [0.1, 0.15) is 19.3 Å². The molecule has 0 spiro atoms. The topological polar surface area (TPSA) is 68.9 Å². The Bertz CT molecular complexity index is 296. The van der Waals surface area contributed by atoms with Crippen LogP contribution in [0.3, 0.4) is 0 Å². The minimum absolute atomic E-state index is 0.293. The number of hydrogen-bond donors (Lipinski definition) is 2. The summed E-state index contributed by atoms with van der Waals surface area (Å²) in [5.41, 5.74) is 6.99. The van der Waals surface area contributed by atoms with Crippen molar-refractivity contribution in [3.63, 3.8) is 0 Å². The highest BCUT2D eigenvalue weighted by molar-refractivity contribution is 5.77. The second-order valence-corrected chi connectivity index (χ2v) is 4.42. The third kappa shape index (κ3) is 4.36. The third-order valence-electron chi connectivity index (χ3n) is 2.97. The molecule has 0 radical (unpaired) electrons. The first kappa shape index (κ1) is 12.4. The van der Waals surface area contributed by atoms with Crippen molar-refractivity contribution in [1.82, 2.24) is 5.32 Å². The summed E-state index contributed by atoms with van der Waals surface area (Å²) in [5.74, 6) is 0.493. The number of nitrogens with zero attached hydrogens (tertiary/aromatic N) is 1. The Labute approximate surface area is 102 Å². The fraction of sp³-hybridized carbons (Fsp3) is 0.750. The van der Waals surface area contributed by atoms with Gasteiger partial charge in [-0.15, -0.1) is 0 Å². The van der Waals surface area contributed by atoms with E-state index in [4.69, 9.17) is 15.2 Å². The van der Waals surface area contributed by atoms with E-state index in [9.17, 15) is 0 Å². The number of guanidine groups is 1. The van der Waals surface area contributed by atoms with Crippen LogP contribution in [0.5, 0.6) is 0 Å². The van der Waals surface area contributed by atoms with Gasteiger partial charge in [0.1, 0.15) is 0 Å². The molecule has 2 aliphatic heterocycles. The van der Waals surface area contributed by atoms with Gasteiger partial charge in [0, 0.05) is 13.2 Å². The SMILES string of the molecule is NC(=NCC1=CCCOC1)NCC1CCCO1. The Balaban J connectivity index is 1.67. The summed E-state index contributed by atoms with van der Waals surface area (Å²) in [6.45, 7) is 3.76. The van der Waals surface area contributed by atoms with Crippen molar-refractivity contribution in [3.05, 3.63) is 11.6 Å². The Morgan fingerprint density at radius 3 is 3.18 bits per heavy atom. The van der Waals surface area contributed by atoms with E-state index in [1.54, 1.807) is 0 Å². The predicted octanol–water partition coefficient (Wildman–Crippen LogP) is 0.416. The van der Waals surface area contributed by atoms with Gasteiger partial charge >= 0.3 is 0 Å². The largest absolute Gasteiger partial charge is 0.377 e. The lowest BCUT2D eigenvalue weighted by molar-refractivity contribution is 0.114. The average Bonchev–Trinajstić information content (AvgIpc) is 2.88. The van der Waals surface area contributed by atoms with Gasteiger partial charge in [-0.3, -0.25) is 0 Å². The molecule has 0 aromatic heterocycles. The van der Waals surface area contributed by atoms with E-state index >= 15 is 0 Å². The highest BCUT2D eigenvalue weighted by Gasteiger charge is 2.14. The summed E-state index contributed by atoms with van der Waals surface area (Å²) in [6, 6.07) is 0. The average molecular weight is 239 g/mol. The lowest BCUT2D eigenvalue weighted by atomic mass is 10.2. The number of hydrogen-bond acceptors (Lipinski definition) is 3. The maximum Gasteiger partial charge on any atom is 0.188 e. The minimum atomic E-state index is 0.293. The van der Waals surface area contributed by atoms with Crippen molar-refractivity contribution < 1.29 is 9.47 Å². The Morgan fingerprint density at radius 1 is 1.53 bits per heavy atom. The molecule has 5 heteroatoms. The number of ether oxygens (including phenoxy) is 2. The smallest absolute Gasteiger partial charge is 0.188 e. The molecule has 0 aromatic rings. The van der Waals surface area contributed by atoms with Gasteiger partial charge in [-0.25, -0.2) is 4.99 Å². The molecule has 1 unspecified atom stereocenters. The summed E-state index contributed by atoms with van der Waals surface area (Å²) in [7, 11) is 0. The van der Waals surface area contributed by atoms with Gasteiger partial charge in [0.15, 0.2) is 5.96 Å². The number of rotatable bonds is 4. The molecule has 0 saturated carbocycles. The van der Waals surface area contributed by atoms with E-state index in [2.05, 4.69) is 16.4 Å². The van der Waals surface area contributed by atoms with Crippen LogP contribution in [-0.2, 0) is 9.47 Å². The van der Waals surface area contributed by atoms with Crippen LogP contribution in [-0.4, -0.2) is 45.0 Å². The molecule has 0 amide bonds. The van der Waals surface area contributed by atoms with Crippen molar-refractivity contribution in [3.8, 4) is 0 Å². The molecule has 0 aromatic carbocycles. The first-order valence-corrected chi connectivity index (χ1v) is 6.25. The second kappa shape index (κ2) is 6.61. The second-order valence-electron chi connectivity index (χ2n) is 4.42. The van der Waals surface area contributed by atoms with Gasteiger partial charge in [0.05, 0.1) is 25.9 Å². The molecular formula is C12H21N3O2. The van der Waals surface area contributed by atoms with Gasteiger partial charge in [0.25, 0.3) is 0 Å². The summed E-state index contributed by atoms with van der Waals surface area (Å²) < 4.78 is 10.8. The fourth-order valence-electron chi connectivity index (χ4n) is 1.99. The Kier molecular flexibility index (Phi) is 4.82. The van der Waals surface area contributed by atoms with Crippen molar-refractivity contribution >= 4 is 5.96 Å². The van der Waals surface area contributed by atoms with Gasteiger partial charge in [0.2, 0.25) is 0 Å². The maximum absolute atomic E-state index is 5.78. The molecule has 2 heterocycles. The zero-order valence-corrected chi connectivity index (χ0v) is 10.2. The minimum Gasteiger partial charge on any atom is -0.377 e. The summed E-state index contributed by atoms with van der Waals surface area (Å²) in [4.78, 5) is 4.29. The predicted molar refractivity (Wildman–Crippen MR) is 67.0 cm³/mol. The zero-order chi connectivity index (χ0) is 11.9. The van der Waals surface area contributed by atoms with Crippen molar-refractivity contribution in [2.45, 2.75) is 25.4 Å². The molecule has 3 N–H and O–H groups in total. The number of aliphatic imine (C=N–C) groups is 1. The molecule has 1 fully saturated rings. The van der Waals surface area contributed by atoms with Gasteiger partial charge in [-0.05, 0) is 24.8 Å². The highest BCUT2D eigenvalue weighted by Crippen LogP contribution is 2.10. The molecule has 17 heavy (non-hydrogen) atoms. The fourth-order valence-corrected chi connectivity index (χ4v) is 1.99. The van der Waals surface area contributed by atoms with Gasteiger partial charge in [-0.1, -0.05) is 6.08 Å². The molecule has 1 atom stereocenters. The third-order valence-corrected chi connectivity index (χ3v) is 2.97. The first-order valence-electron chi connectivity index (χ1n) is 6.25. The summed E-state index contributed by atoms with van der Waals surface area (Å²) >= 11 is 0. The van der Waals surface area contributed by atoms with Gasteiger partial charge in [-0.2, -0.15) is 0 Å². The lowest BCUT2D eigenvalue weighted by Crippen LogP contribution is -2.37. The Hall–Kier alpha value is -1.07. The standard InChI is InChI=1S/C12H21N3O2/c13-12(15-8-11-4-2-6-17-11)14-7-10-3-1-5-16-9-10/h3,11H,1-2,4-9H2,(H3,13,14,15). The first-order chi connectivity index (χ1) is 8.34. The van der Waals surface area contributed by atoms with Crippen LogP contribution in [0.2, 0.25) is 0 Å². The zero-order valence-electron chi connectivity index (χ0n) is 10.2.